The summed E-state index contributed by atoms with van der Waals surface area (Å²) in [6.45, 7) is 5.23. The Labute approximate surface area is 101 Å². The highest BCUT2D eigenvalue weighted by Gasteiger charge is 2.30. The molecule has 0 N–H and O–H groups in total. The van der Waals surface area contributed by atoms with Gasteiger partial charge in [0.1, 0.15) is 11.9 Å². The normalized spacial score (nSPS) is 19.3. The Morgan fingerprint density at radius 1 is 1.35 bits per heavy atom. The van der Waals surface area contributed by atoms with Crippen LogP contribution in [-0.2, 0) is 4.74 Å². The van der Waals surface area contributed by atoms with Crippen molar-refractivity contribution in [2.45, 2.75) is 26.4 Å². The number of rotatable bonds is 4. The molecule has 1 aliphatic rings. The number of anilines is 1. The topological polar surface area (TPSA) is 38.8 Å². The van der Waals surface area contributed by atoms with Crippen LogP contribution in [0.4, 0.5) is 10.5 Å². The van der Waals surface area contributed by atoms with Crippen molar-refractivity contribution in [1.82, 2.24) is 0 Å². The Hall–Kier alpha value is -1.71. The molecule has 1 atom stereocenters. The Bertz CT molecular complexity index is 388. The number of benzene rings is 1. The molecule has 17 heavy (non-hydrogen) atoms. The summed E-state index contributed by atoms with van der Waals surface area (Å²) in [6.07, 6.45) is 0.592. The van der Waals surface area contributed by atoms with Crippen LogP contribution in [-0.4, -0.2) is 25.3 Å². The van der Waals surface area contributed by atoms with E-state index in [4.69, 9.17) is 9.47 Å². The van der Waals surface area contributed by atoms with Gasteiger partial charge in [-0.05, 0) is 37.6 Å². The first-order valence-electron chi connectivity index (χ1n) is 5.95. The maximum absolute atomic E-state index is 11.6. The lowest BCUT2D eigenvalue weighted by Gasteiger charge is -2.13. The minimum absolute atomic E-state index is 0.00840. The highest BCUT2D eigenvalue weighted by molar-refractivity contribution is 5.89. The van der Waals surface area contributed by atoms with Crippen molar-refractivity contribution in [2.75, 3.05) is 18.1 Å². The molecule has 0 aromatic heterocycles. The summed E-state index contributed by atoms with van der Waals surface area (Å²) in [5.41, 5.74) is 0.856. The van der Waals surface area contributed by atoms with Crippen molar-refractivity contribution in [3.63, 3.8) is 0 Å². The van der Waals surface area contributed by atoms with Gasteiger partial charge in [0.05, 0.1) is 13.2 Å². The molecule has 92 valence electrons. The smallest absolute Gasteiger partial charge is 0.414 e. The van der Waals surface area contributed by atoms with E-state index in [1.807, 2.05) is 38.1 Å². The average Bonchev–Trinajstić information content (AvgIpc) is 2.72. The summed E-state index contributed by atoms with van der Waals surface area (Å²) in [5, 5.41) is 0. The molecule has 1 aliphatic heterocycles. The van der Waals surface area contributed by atoms with Gasteiger partial charge < -0.3 is 9.47 Å². The van der Waals surface area contributed by atoms with Crippen LogP contribution in [0.25, 0.3) is 0 Å². The standard InChI is InChI=1S/C13H17NO3/c1-3-11-9-14(13(15)17-11)10-5-7-12(8-6-10)16-4-2/h5-8,11H,3-4,9H2,1-2H3/t11-/m1/s1. The Morgan fingerprint density at radius 3 is 2.59 bits per heavy atom. The molecule has 4 nitrogen and oxygen atoms in total. The van der Waals surface area contributed by atoms with Crippen LogP contribution >= 0.6 is 0 Å². The SMILES string of the molecule is CCOc1ccc(N2C[C@@H](CC)OC2=O)cc1. The first-order valence-corrected chi connectivity index (χ1v) is 5.95. The highest BCUT2D eigenvalue weighted by atomic mass is 16.6. The third kappa shape index (κ3) is 2.52. The molecule has 1 aromatic rings. The molecule has 1 fully saturated rings. The zero-order chi connectivity index (χ0) is 12.3. The number of carbonyl (C=O) groups is 1. The average molecular weight is 235 g/mol. The lowest BCUT2D eigenvalue weighted by Crippen LogP contribution is -2.24. The van der Waals surface area contributed by atoms with Crippen LogP contribution < -0.4 is 9.64 Å². The second-order valence-electron chi connectivity index (χ2n) is 3.95. The molecule has 2 rings (SSSR count). The molecular formula is C13H17NO3. The zero-order valence-corrected chi connectivity index (χ0v) is 10.2. The molecule has 1 aromatic carbocycles. The third-order valence-corrected chi connectivity index (χ3v) is 2.79. The maximum atomic E-state index is 11.6. The van der Waals surface area contributed by atoms with Crippen LogP contribution in [0.1, 0.15) is 20.3 Å². The van der Waals surface area contributed by atoms with Gasteiger partial charge in [-0.1, -0.05) is 6.92 Å². The van der Waals surface area contributed by atoms with Gasteiger partial charge in [-0.3, -0.25) is 4.90 Å². The second kappa shape index (κ2) is 5.08. The van der Waals surface area contributed by atoms with E-state index in [0.29, 0.717) is 13.2 Å². The second-order valence-corrected chi connectivity index (χ2v) is 3.95. The van der Waals surface area contributed by atoms with Crippen molar-refractivity contribution < 1.29 is 14.3 Å². The van der Waals surface area contributed by atoms with Crippen molar-refractivity contribution in [3.05, 3.63) is 24.3 Å². The predicted octanol–water partition coefficient (Wildman–Crippen LogP) is 2.82. The van der Waals surface area contributed by atoms with E-state index in [1.165, 1.54) is 0 Å². The number of cyclic esters (lactones) is 1. The lowest BCUT2D eigenvalue weighted by atomic mass is 10.2. The highest BCUT2D eigenvalue weighted by Crippen LogP contribution is 2.24. The van der Waals surface area contributed by atoms with Gasteiger partial charge in [0.25, 0.3) is 0 Å². The molecule has 1 amide bonds. The van der Waals surface area contributed by atoms with Crippen LogP contribution in [0.2, 0.25) is 0 Å². The van der Waals surface area contributed by atoms with Crippen molar-refractivity contribution >= 4 is 11.8 Å². The zero-order valence-electron chi connectivity index (χ0n) is 10.2. The van der Waals surface area contributed by atoms with Gasteiger partial charge in [-0.2, -0.15) is 0 Å². The van der Waals surface area contributed by atoms with E-state index in [-0.39, 0.29) is 12.2 Å². The molecular weight excluding hydrogens is 218 g/mol. The van der Waals surface area contributed by atoms with Crippen LogP contribution in [0, 0.1) is 0 Å². The molecule has 1 saturated heterocycles. The number of nitrogens with zero attached hydrogens (tertiary/aromatic N) is 1. The Balaban J connectivity index is 2.09. The fourth-order valence-corrected chi connectivity index (χ4v) is 1.83. The van der Waals surface area contributed by atoms with Crippen LogP contribution in [0.5, 0.6) is 5.75 Å². The first kappa shape index (κ1) is 11.8. The fraction of sp³-hybridized carbons (Fsp3) is 0.462. The van der Waals surface area contributed by atoms with Crippen LogP contribution in [0.15, 0.2) is 24.3 Å². The van der Waals surface area contributed by atoms with E-state index >= 15 is 0 Å². The fourth-order valence-electron chi connectivity index (χ4n) is 1.83. The maximum Gasteiger partial charge on any atom is 0.414 e. The van der Waals surface area contributed by atoms with Gasteiger partial charge in [-0.15, -0.1) is 0 Å². The molecule has 0 unspecified atom stereocenters. The van der Waals surface area contributed by atoms with E-state index in [1.54, 1.807) is 4.90 Å². The summed E-state index contributed by atoms with van der Waals surface area (Å²) in [6, 6.07) is 7.49. The number of hydrogen-bond acceptors (Lipinski definition) is 3. The van der Waals surface area contributed by atoms with Gasteiger partial charge in [0, 0.05) is 5.69 Å². The van der Waals surface area contributed by atoms with E-state index in [2.05, 4.69) is 0 Å². The quantitative estimate of drug-likeness (QED) is 0.805. The predicted molar refractivity (Wildman–Crippen MR) is 65.5 cm³/mol. The molecule has 0 saturated carbocycles. The summed E-state index contributed by atoms with van der Waals surface area (Å²) < 4.78 is 10.6. The minimum Gasteiger partial charge on any atom is -0.494 e. The number of ether oxygens (including phenoxy) is 2. The molecule has 0 aliphatic carbocycles. The van der Waals surface area contributed by atoms with E-state index < -0.39 is 0 Å². The molecule has 4 heteroatoms. The van der Waals surface area contributed by atoms with Gasteiger partial charge in [-0.25, -0.2) is 4.79 Å². The third-order valence-electron chi connectivity index (χ3n) is 2.79. The van der Waals surface area contributed by atoms with Crippen LogP contribution in [0.3, 0.4) is 0 Å². The first-order chi connectivity index (χ1) is 8.24. The van der Waals surface area contributed by atoms with E-state index in [0.717, 1.165) is 17.9 Å². The number of amides is 1. The van der Waals surface area contributed by atoms with Gasteiger partial charge in [0.2, 0.25) is 0 Å². The Morgan fingerprint density at radius 2 is 2.06 bits per heavy atom. The molecule has 0 spiro atoms. The van der Waals surface area contributed by atoms with Crippen molar-refractivity contribution in [1.29, 1.82) is 0 Å². The molecule has 0 bridgehead atoms. The Kier molecular flexibility index (Phi) is 3.52. The molecule has 1 heterocycles. The van der Waals surface area contributed by atoms with Gasteiger partial charge in [0.15, 0.2) is 0 Å². The van der Waals surface area contributed by atoms with Crippen molar-refractivity contribution in [2.24, 2.45) is 0 Å². The lowest BCUT2D eigenvalue weighted by molar-refractivity contribution is 0.139. The monoisotopic (exact) mass is 235 g/mol. The summed E-state index contributed by atoms with van der Waals surface area (Å²) >= 11 is 0. The summed E-state index contributed by atoms with van der Waals surface area (Å²) in [7, 11) is 0. The van der Waals surface area contributed by atoms with Gasteiger partial charge >= 0.3 is 6.09 Å². The minimum atomic E-state index is -0.263. The molecule has 0 radical (unpaired) electrons. The number of hydrogen-bond donors (Lipinski definition) is 0. The summed E-state index contributed by atoms with van der Waals surface area (Å²) in [5.74, 6) is 0.816. The largest absolute Gasteiger partial charge is 0.494 e. The summed E-state index contributed by atoms with van der Waals surface area (Å²) in [4.78, 5) is 13.3. The number of carbonyl (C=O) groups excluding carboxylic acids is 1. The van der Waals surface area contributed by atoms with E-state index in [9.17, 15) is 4.79 Å². The van der Waals surface area contributed by atoms with Crippen molar-refractivity contribution in [3.8, 4) is 5.75 Å².